The summed E-state index contributed by atoms with van der Waals surface area (Å²) in [6.45, 7) is 0. The summed E-state index contributed by atoms with van der Waals surface area (Å²) in [4.78, 5) is 11.8. The van der Waals surface area contributed by atoms with E-state index in [1.165, 1.54) is 37.7 Å². The van der Waals surface area contributed by atoms with Crippen LogP contribution in [0.1, 0.15) is 44.1 Å². The number of carbonyl (C=O) groups excluding carboxylic acids is 1. The third-order valence-electron chi connectivity index (χ3n) is 4.58. The number of benzene rings is 1. The van der Waals surface area contributed by atoms with Crippen LogP contribution in [0.25, 0.3) is 0 Å². The van der Waals surface area contributed by atoms with Crippen LogP contribution in [-0.4, -0.2) is 12.1 Å². The van der Waals surface area contributed by atoms with Gasteiger partial charge in [0.15, 0.2) is 0 Å². The van der Waals surface area contributed by atoms with Gasteiger partial charge in [0.1, 0.15) is 6.10 Å². The van der Waals surface area contributed by atoms with Crippen LogP contribution in [0.2, 0.25) is 0 Å². The Bertz CT molecular complexity index is 529. The van der Waals surface area contributed by atoms with Crippen LogP contribution in [0.5, 0.6) is 0 Å². The molecule has 0 N–H and O–H groups in total. The molecule has 21 heavy (non-hydrogen) atoms. The van der Waals surface area contributed by atoms with Crippen molar-refractivity contribution >= 4 is 21.9 Å². The summed E-state index contributed by atoms with van der Waals surface area (Å²) in [6, 6.07) is 10.4. The number of allylic oxidation sites excluding steroid dienone is 1. The number of rotatable bonds is 4. The Morgan fingerprint density at radius 1 is 1.14 bits per heavy atom. The van der Waals surface area contributed by atoms with Gasteiger partial charge >= 0.3 is 5.97 Å². The summed E-state index contributed by atoms with van der Waals surface area (Å²) < 4.78 is 6.48. The molecule has 1 heterocycles. The maximum absolute atomic E-state index is 11.8. The first-order valence-corrected chi connectivity index (χ1v) is 8.68. The zero-order valence-electron chi connectivity index (χ0n) is 12.2. The number of ether oxygens (including phenoxy) is 1. The van der Waals surface area contributed by atoms with E-state index in [0.29, 0.717) is 5.92 Å². The van der Waals surface area contributed by atoms with Gasteiger partial charge in [-0.2, -0.15) is 0 Å². The molecule has 1 aromatic rings. The van der Waals surface area contributed by atoms with Gasteiger partial charge in [-0.05, 0) is 31.2 Å². The predicted octanol–water partition coefficient (Wildman–Crippen LogP) is 4.77. The van der Waals surface area contributed by atoms with Crippen molar-refractivity contribution in [2.45, 2.75) is 51.0 Å². The fourth-order valence-electron chi connectivity index (χ4n) is 3.36. The number of aryl methyl sites for hydroxylation is 1. The van der Waals surface area contributed by atoms with Gasteiger partial charge < -0.3 is 4.74 Å². The largest absolute Gasteiger partial charge is 0.453 e. The fourth-order valence-corrected chi connectivity index (χ4v) is 3.95. The molecule has 2 nitrogen and oxygen atoms in total. The van der Waals surface area contributed by atoms with Crippen molar-refractivity contribution in [3.05, 3.63) is 46.0 Å². The van der Waals surface area contributed by atoms with Crippen molar-refractivity contribution in [2.75, 3.05) is 0 Å². The Morgan fingerprint density at radius 2 is 1.86 bits per heavy atom. The van der Waals surface area contributed by atoms with Gasteiger partial charge in [0, 0.05) is 10.4 Å². The van der Waals surface area contributed by atoms with Gasteiger partial charge in [-0.15, -0.1) is 0 Å². The molecule has 0 bridgehead atoms. The lowest BCUT2D eigenvalue weighted by atomic mass is 9.80. The van der Waals surface area contributed by atoms with Crippen LogP contribution in [-0.2, 0) is 16.0 Å². The number of halogens is 1. The van der Waals surface area contributed by atoms with Gasteiger partial charge in [0.2, 0.25) is 0 Å². The summed E-state index contributed by atoms with van der Waals surface area (Å²) in [7, 11) is 0. The van der Waals surface area contributed by atoms with Crippen molar-refractivity contribution in [2.24, 2.45) is 5.92 Å². The second-order valence-electron chi connectivity index (χ2n) is 6.03. The lowest BCUT2D eigenvalue weighted by Gasteiger charge is -2.38. The molecule has 0 spiro atoms. The molecule has 2 fully saturated rings. The molecule has 3 rings (SSSR count). The molecule has 3 heteroatoms. The summed E-state index contributed by atoms with van der Waals surface area (Å²) in [6.07, 6.45) is 8.13. The molecule has 1 atom stereocenters. The lowest BCUT2D eigenvalue weighted by molar-refractivity contribution is -0.161. The molecular weight excluding hydrogens is 328 g/mol. The van der Waals surface area contributed by atoms with Crippen LogP contribution in [0.15, 0.2) is 40.4 Å². The van der Waals surface area contributed by atoms with Crippen LogP contribution in [0, 0.1) is 5.92 Å². The second-order valence-corrected chi connectivity index (χ2v) is 6.99. The third-order valence-corrected chi connectivity index (χ3v) is 5.41. The average Bonchev–Trinajstić information content (AvgIpc) is 2.52. The summed E-state index contributed by atoms with van der Waals surface area (Å²) in [5.74, 6) is 0.418. The smallest absolute Gasteiger partial charge is 0.339 e. The summed E-state index contributed by atoms with van der Waals surface area (Å²) in [5.41, 5.74) is 2.20. The number of hydrogen-bond acceptors (Lipinski definition) is 2. The Labute approximate surface area is 134 Å². The van der Waals surface area contributed by atoms with Gasteiger partial charge in [0.25, 0.3) is 0 Å². The van der Waals surface area contributed by atoms with Crippen molar-refractivity contribution in [1.82, 2.24) is 0 Å². The normalized spacial score (nSPS) is 25.2. The van der Waals surface area contributed by atoms with E-state index in [1.807, 2.05) is 6.07 Å². The summed E-state index contributed by atoms with van der Waals surface area (Å²) >= 11 is 3.64. The van der Waals surface area contributed by atoms with Crippen LogP contribution in [0.3, 0.4) is 0 Å². The van der Waals surface area contributed by atoms with E-state index in [0.717, 1.165) is 22.9 Å². The minimum atomic E-state index is -0.120. The monoisotopic (exact) mass is 348 g/mol. The van der Waals surface area contributed by atoms with E-state index in [4.69, 9.17) is 4.74 Å². The molecule has 0 radical (unpaired) electrons. The van der Waals surface area contributed by atoms with Gasteiger partial charge in [-0.1, -0.05) is 65.5 Å². The number of hydrogen-bond donors (Lipinski definition) is 0. The van der Waals surface area contributed by atoms with Gasteiger partial charge in [0.05, 0.1) is 5.57 Å². The Hall–Kier alpha value is -1.09. The van der Waals surface area contributed by atoms with E-state index >= 15 is 0 Å². The molecule has 2 aliphatic rings. The maximum Gasteiger partial charge on any atom is 0.339 e. The molecule has 1 unspecified atom stereocenters. The Morgan fingerprint density at radius 3 is 2.52 bits per heavy atom. The lowest BCUT2D eigenvalue weighted by Crippen LogP contribution is -2.43. The number of esters is 1. The van der Waals surface area contributed by atoms with Crippen LogP contribution in [0.4, 0.5) is 0 Å². The topological polar surface area (TPSA) is 26.3 Å². The Kier molecular flexibility index (Phi) is 4.79. The third kappa shape index (κ3) is 3.39. The zero-order chi connectivity index (χ0) is 14.7. The van der Waals surface area contributed by atoms with E-state index in [9.17, 15) is 4.79 Å². The van der Waals surface area contributed by atoms with Crippen LogP contribution < -0.4 is 0 Å². The highest BCUT2D eigenvalue weighted by Crippen LogP contribution is 2.40. The second kappa shape index (κ2) is 6.78. The number of cyclic esters (lactones) is 1. The molecule has 0 amide bonds. The van der Waals surface area contributed by atoms with E-state index in [2.05, 4.69) is 40.2 Å². The average molecular weight is 349 g/mol. The van der Waals surface area contributed by atoms with Gasteiger partial charge in [-0.3, -0.25) is 0 Å². The fraction of sp³-hybridized carbons (Fsp3) is 0.500. The Balaban J connectivity index is 1.65. The maximum atomic E-state index is 11.8. The molecule has 1 aliphatic carbocycles. The van der Waals surface area contributed by atoms with E-state index in [1.54, 1.807) is 0 Å². The molecule has 1 saturated heterocycles. The first-order chi connectivity index (χ1) is 10.3. The minimum Gasteiger partial charge on any atom is -0.453 e. The zero-order valence-corrected chi connectivity index (χ0v) is 13.8. The SMILES string of the molecule is O=C1OC(C2CCCCC2)/C1=C(/Br)CCc1ccccc1. The van der Waals surface area contributed by atoms with Crippen molar-refractivity contribution in [3.63, 3.8) is 0 Å². The molecule has 1 aromatic carbocycles. The number of carbonyl (C=O) groups is 1. The highest BCUT2D eigenvalue weighted by Gasteiger charge is 2.43. The minimum absolute atomic E-state index is 0.0444. The van der Waals surface area contributed by atoms with Crippen molar-refractivity contribution in [1.29, 1.82) is 0 Å². The molecule has 0 aromatic heterocycles. The predicted molar refractivity (Wildman–Crippen MR) is 87.2 cm³/mol. The first-order valence-electron chi connectivity index (χ1n) is 7.89. The molecule has 112 valence electrons. The van der Waals surface area contributed by atoms with Crippen molar-refractivity contribution in [3.8, 4) is 0 Å². The quantitative estimate of drug-likeness (QED) is 0.578. The standard InChI is InChI=1S/C18H21BrO2/c19-15(12-11-13-7-3-1-4-8-13)16-17(21-18(16)20)14-9-5-2-6-10-14/h1,3-4,7-8,14,17H,2,5-6,9-12H2/b16-15-. The highest BCUT2D eigenvalue weighted by molar-refractivity contribution is 9.11. The van der Waals surface area contributed by atoms with Crippen molar-refractivity contribution < 1.29 is 9.53 Å². The highest BCUT2D eigenvalue weighted by atomic mass is 79.9. The molecular formula is C18H21BrO2. The van der Waals surface area contributed by atoms with Crippen LogP contribution >= 0.6 is 15.9 Å². The first kappa shape index (κ1) is 14.8. The molecule has 1 aliphatic heterocycles. The van der Waals surface area contributed by atoms with Gasteiger partial charge in [-0.25, -0.2) is 4.79 Å². The summed E-state index contributed by atoms with van der Waals surface area (Å²) in [5, 5.41) is 0. The molecule has 1 saturated carbocycles. The van der Waals surface area contributed by atoms with E-state index < -0.39 is 0 Å². The van der Waals surface area contributed by atoms with E-state index in [-0.39, 0.29) is 12.1 Å².